The minimum Gasteiger partial charge on any atom is -0.494 e. The van der Waals surface area contributed by atoms with E-state index in [0.29, 0.717) is 22.7 Å². The Morgan fingerprint density at radius 1 is 1.53 bits per heavy atom. The summed E-state index contributed by atoms with van der Waals surface area (Å²) in [6.07, 6.45) is 0.279. The number of nitrogens with two attached hydrogens (primary N) is 1. The number of fused-ring (bicyclic) bond motifs is 1. The van der Waals surface area contributed by atoms with E-state index in [-0.39, 0.29) is 13.0 Å². The quantitative estimate of drug-likeness (QED) is 0.830. The Hall–Kier alpha value is -1.59. The Morgan fingerprint density at radius 3 is 2.94 bits per heavy atom. The van der Waals surface area contributed by atoms with Crippen molar-refractivity contribution in [1.29, 1.82) is 0 Å². The van der Waals surface area contributed by atoms with E-state index in [4.69, 9.17) is 14.9 Å². The second-order valence-electron chi connectivity index (χ2n) is 4.29. The second-order valence-corrected chi connectivity index (χ2v) is 4.29. The minimum absolute atomic E-state index is 0.156. The molecule has 1 aromatic heterocycles. The van der Waals surface area contributed by atoms with Gasteiger partial charge in [-0.05, 0) is 19.1 Å². The predicted molar refractivity (Wildman–Crippen MR) is 63.9 cm³/mol. The van der Waals surface area contributed by atoms with E-state index in [0.717, 1.165) is 0 Å². The fourth-order valence-corrected chi connectivity index (χ4v) is 1.61. The van der Waals surface area contributed by atoms with Gasteiger partial charge < -0.3 is 20.0 Å². The van der Waals surface area contributed by atoms with Crippen molar-refractivity contribution in [2.45, 2.75) is 18.9 Å². The minimum atomic E-state index is -1.01. The molecule has 0 saturated carbocycles. The smallest absolute Gasteiger partial charge is 0.198 e. The number of methoxy groups -OCH3 is 1. The van der Waals surface area contributed by atoms with E-state index >= 15 is 0 Å². The van der Waals surface area contributed by atoms with Gasteiger partial charge >= 0.3 is 0 Å². The molecule has 0 aliphatic rings. The second kappa shape index (κ2) is 4.35. The zero-order valence-corrected chi connectivity index (χ0v) is 9.93. The number of para-hydroxylation sites is 1. The van der Waals surface area contributed by atoms with E-state index < -0.39 is 5.60 Å². The zero-order valence-electron chi connectivity index (χ0n) is 9.93. The maximum atomic E-state index is 9.87. The number of hydrogen-bond donors (Lipinski definition) is 2. The van der Waals surface area contributed by atoms with Crippen LogP contribution < -0.4 is 10.5 Å². The van der Waals surface area contributed by atoms with Gasteiger partial charge in [-0.15, -0.1) is 0 Å². The van der Waals surface area contributed by atoms with Crippen LogP contribution in [0.2, 0.25) is 0 Å². The standard InChI is InChI=1S/C12H16N2O3/c1-12(15,7-13)6-10-14-11-8(16-2)4-3-5-9(11)17-10/h3-5,15H,6-7,13H2,1-2H3. The molecule has 0 spiro atoms. The van der Waals surface area contributed by atoms with Crippen LogP contribution >= 0.6 is 0 Å². The highest BCUT2D eigenvalue weighted by Crippen LogP contribution is 2.26. The van der Waals surface area contributed by atoms with Crippen LogP contribution in [0.1, 0.15) is 12.8 Å². The summed E-state index contributed by atoms with van der Waals surface area (Å²) in [7, 11) is 1.58. The molecule has 0 fully saturated rings. The number of ether oxygens (including phenoxy) is 1. The number of nitrogens with zero attached hydrogens (tertiary/aromatic N) is 1. The summed E-state index contributed by atoms with van der Waals surface area (Å²) in [6.45, 7) is 1.81. The summed E-state index contributed by atoms with van der Waals surface area (Å²) in [6, 6.07) is 5.46. The van der Waals surface area contributed by atoms with Gasteiger partial charge in [0.15, 0.2) is 17.0 Å². The lowest BCUT2D eigenvalue weighted by Gasteiger charge is -2.18. The topological polar surface area (TPSA) is 81.5 Å². The van der Waals surface area contributed by atoms with Gasteiger partial charge in [0.1, 0.15) is 5.75 Å². The van der Waals surface area contributed by atoms with Crippen molar-refractivity contribution >= 4 is 11.1 Å². The molecule has 0 aliphatic carbocycles. The molecule has 1 unspecified atom stereocenters. The molecule has 17 heavy (non-hydrogen) atoms. The van der Waals surface area contributed by atoms with Crippen LogP contribution in [0, 0.1) is 0 Å². The molecule has 2 rings (SSSR count). The highest BCUT2D eigenvalue weighted by molar-refractivity contribution is 5.79. The van der Waals surface area contributed by atoms with E-state index in [1.807, 2.05) is 18.2 Å². The van der Waals surface area contributed by atoms with Gasteiger partial charge in [0.05, 0.1) is 19.1 Å². The fraction of sp³-hybridized carbons (Fsp3) is 0.417. The zero-order chi connectivity index (χ0) is 12.5. The fourth-order valence-electron chi connectivity index (χ4n) is 1.61. The van der Waals surface area contributed by atoms with Gasteiger partial charge in [0.25, 0.3) is 0 Å². The van der Waals surface area contributed by atoms with Crippen molar-refractivity contribution in [1.82, 2.24) is 4.98 Å². The number of aliphatic hydroxyl groups is 1. The van der Waals surface area contributed by atoms with Gasteiger partial charge in [0, 0.05) is 6.54 Å². The average Bonchev–Trinajstić information content (AvgIpc) is 2.70. The summed E-state index contributed by atoms with van der Waals surface area (Å²) in [5.74, 6) is 1.12. The van der Waals surface area contributed by atoms with E-state index in [9.17, 15) is 5.11 Å². The van der Waals surface area contributed by atoms with Crippen LogP contribution in [0.4, 0.5) is 0 Å². The third-order valence-corrected chi connectivity index (χ3v) is 2.62. The first-order chi connectivity index (χ1) is 8.05. The number of aromatic nitrogens is 1. The van der Waals surface area contributed by atoms with Gasteiger partial charge in [-0.3, -0.25) is 0 Å². The van der Waals surface area contributed by atoms with Crippen molar-refractivity contribution in [3.63, 3.8) is 0 Å². The first-order valence-electron chi connectivity index (χ1n) is 5.40. The number of rotatable bonds is 4. The summed E-state index contributed by atoms with van der Waals surface area (Å²) >= 11 is 0. The van der Waals surface area contributed by atoms with Crippen LogP contribution in [0.5, 0.6) is 5.75 Å². The van der Waals surface area contributed by atoms with E-state index in [2.05, 4.69) is 4.98 Å². The molecule has 92 valence electrons. The maximum Gasteiger partial charge on any atom is 0.198 e. The number of oxazole rings is 1. The lowest BCUT2D eigenvalue weighted by Crippen LogP contribution is -2.36. The molecule has 5 nitrogen and oxygen atoms in total. The SMILES string of the molecule is COc1cccc2oc(CC(C)(O)CN)nc12. The summed E-state index contributed by atoms with van der Waals surface area (Å²) in [4.78, 5) is 4.31. The third-order valence-electron chi connectivity index (χ3n) is 2.62. The molecule has 0 radical (unpaired) electrons. The van der Waals surface area contributed by atoms with Crippen molar-refractivity contribution < 1.29 is 14.3 Å². The van der Waals surface area contributed by atoms with Crippen molar-refractivity contribution in [3.8, 4) is 5.75 Å². The van der Waals surface area contributed by atoms with Gasteiger partial charge in [-0.2, -0.15) is 0 Å². The lowest BCUT2D eigenvalue weighted by molar-refractivity contribution is 0.0632. The largest absolute Gasteiger partial charge is 0.494 e. The van der Waals surface area contributed by atoms with E-state index in [1.165, 1.54) is 0 Å². The molecule has 1 aromatic carbocycles. The molecule has 2 aromatic rings. The highest BCUT2D eigenvalue weighted by atomic mass is 16.5. The summed E-state index contributed by atoms with van der Waals surface area (Å²) in [5, 5.41) is 9.87. The Labute approximate surface area is 99.2 Å². The van der Waals surface area contributed by atoms with Crippen LogP contribution in [-0.2, 0) is 6.42 Å². The molecular formula is C12H16N2O3. The average molecular weight is 236 g/mol. The van der Waals surface area contributed by atoms with Gasteiger partial charge in [-0.1, -0.05) is 6.07 Å². The molecule has 0 amide bonds. The summed E-state index contributed by atoms with van der Waals surface area (Å²) < 4.78 is 10.7. The predicted octanol–water partition coefficient (Wildman–Crippen LogP) is 1.09. The Kier molecular flexibility index (Phi) is 3.04. The van der Waals surface area contributed by atoms with Gasteiger partial charge in [-0.25, -0.2) is 4.98 Å². The van der Waals surface area contributed by atoms with Crippen LogP contribution in [0.3, 0.4) is 0 Å². The highest BCUT2D eigenvalue weighted by Gasteiger charge is 2.22. The lowest BCUT2D eigenvalue weighted by atomic mass is 10.0. The summed E-state index contributed by atoms with van der Waals surface area (Å²) in [5.41, 5.74) is 5.76. The maximum absolute atomic E-state index is 9.87. The molecule has 3 N–H and O–H groups in total. The first-order valence-corrected chi connectivity index (χ1v) is 5.40. The Morgan fingerprint density at radius 2 is 2.29 bits per heavy atom. The normalized spacial score (nSPS) is 14.8. The van der Waals surface area contributed by atoms with Crippen molar-refractivity contribution in [2.75, 3.05) is 13.7 Å². The molecule has 5 heteroatoms. The molecular weight excluding hydrogens is 220 g/mol. The molecule has 1 atom stereocenters. The van der Waals surface area contributed by atoms with Crippen molar-refractivity contribution in [3.05, 3.63) is 24.1 Å². The Balaban J connectivity index is 2.38. The Bertz CT molecular complexity index is 519. The first kappa shape index (κ1) is 11.9. The molecule has 0 saturated heterocycles. The van der Waals surface area contributed by atoms with Crippen LogP contribution in [0.25, 0.3) is 11.1 Å². The molecule has 0 bridgehead atoms. The van der Waals surface area contributed by atoms with Crippen molar-refractivity contribution in [2.24, 2.45) is 5.73 Å². The van der Waals surface area contributed by atoms with Gasteiger partial charge in [0.2, 0.25) is 0 Å². The third kappa shape index (κ3) is 2.40. The monoisotopic (exact) mass is 236 g/mol. The molecule has 1 heterocycles. The van der Waals surface area contributed by atoms with Crippen LogP contribution in [0.15, 0.2) is 22.6 Å². The van der Waals surface area contributed by atoms with Crippen LogP contribution in [-0.4, -0.2) is 29.3 Å². The number of benzene rings is 1. The van der Waals surface area contributed by atoms with E-state index in [1.54, 1.807) is 14.0 Å². The number of hydrogen-bond acceptors (Lipinski definition) is 5. The molecule has 0 aliphatic heterocycles.